The Morgan fingerprint density at radius 2 is 2.31 bits per heavy atom. The van der Waals surface area contributed by atoms with Crippen molar-refractivity contribution in [1.82, 2.24) is 15.1 Å². The quantitative estimate of drug-likeness (QED) is 0.774. The zero-order valence-electron chi connectivity index (χ0n) is 10.1. The van der Waals surface area contributed by atoms with Crippen molar-refractivity contribution in [3.63, 3.8) is 0 Å². The van der Waals surface area contributed by atoms with Crippen LogP contribution >= 0.6 is 0 Å². The summed E-state index contributed by atoms with van der Waals surface area (Å²) >= 11 is 0. The number of nitrogens with zero attached hydrogens (tertiary/aromatic N) is 2. The fraction of sp³-hybridized carbons (Fsp3) is 0.636. The Hall–Kier alpha value is -1.36. The number of aromatic nitrogens is 2. The summed E-state index contributed by atoms with van der Waals surface area (Å²) in [5.74, 6) is 0.413. The molecule has 90 valence electrons. The average molecular weight is 224 g/mol. The van der Waals surface area contributed by atoms with Gasteiger partial charge in [-0.1, -0.05) is 13.8 Å². The molecule has 1 atom stereocenters. The van der Waals surface area contributed by atoms with Crippen LogP contribution in [0.3, 0.4) is 0 Å². The summed E-state index contributed by atoms with van der Waals surface area (Å²) in [4.78, 5) is 13.5. The maximum Gasteiger partial charge on any atom is 0.239 e. The number of rotatable bonds is 5. The number of nitrogens with two attached hydrogens (primary N) is 1. The van der Waals surface area contributed by atoms with Crippen LogP contribution in [0.2, 0.25) is 0 Å². The molecule has 1 heterocycles. The van der Waals surface area contributed by atoms with Crippen molar-refractivity contribution in [2.24, 2.45) is 11.7 Å². The summed E-state index contributed by atoms with van der Waals surface area (Å²) in [7, 11) is 1.76. The van der Waals surface area contributed by atoms with Crippen LogP contribution in [0.25, 0.3) is 0 Å². The van der Waals surface area contributed by atoms with E-state index in [1.807, 2.05) is 0 Å². The number of carbonyl (C=O) groups is 1. The molecule has 1 rings (SSSR count). The number of H-pyrrole nitrogens is 1. The van der Waals surface area contributed by atoms with E-state index in [2.05, 4.69) is 24.0 Å². The second-order valence-electron chi connectivity index (χ2n) is 4.54. The molecule has 0 bridgehead atoms. The van der Waals surface area contributed by atoms with Gasteiger partial charge in [0, 0.05) is 25.4 Å². The fourth-order valence-corrected chi connectivity index (χ4v) is 1.61. The predicted molar refractivity (Wildman–Crippen MR) is 62.5 cm³/mol. The van der Waals surface area contributed by atoms with E-state index >= 15 is 0 Å². The van der Waals surface area contributed by atoms with Gasteiger partial charge in [0.25, 0.3) is 0 Å². The molecule has 0 aliphatic carbocycles. The molecule has 1 amide bonds. The molecule has 0 aliphatic heterocycles. The molecule has 1 aromatic heterocycles. The van der Waals surface area contributed by atoms with Crippen LogP contribution in [-0.2, 0) is 11.3 Å². The fourth-order valence-electron chi connectivity index (χ4n) is 1.61. The number of likely N-dealkylation sites (N-methyl/N-ethyl adjacent to an activating group) is 1. The van der Waals surface area contributed by atoms with Gasteiger partial charge in [0.15, 0.2) is 0 Å². The molecule has 0 spiro atoms. The first-order valence-electron chi connectivity index (χ1n) is 5.49. The lowest BCUT2D eigenvalue weighted by Gasteiger charge is -2.21. The summed E-state index contributed by atoms with van der Waals surface area (Å²) in [6.07, 6.45) is 4.20. The second kappa shape index (κ2) is 5.65. The van der Waals surface area contributed by atoms with E-state index in [-0.39, 0.29) is 5.91 Å². The lowest BCUT2D eigenvalue weighted by Crippen LogP contribution is -2.42. The largest absolute Gasteiger partial charge is 0.340 e. The molecule has 0 saturated heterocycles. The monoisotopic (exact) mass is 224 g/mol. The third kappa shape index (κ3) is 3.66. The van der Waals surface area contributed by atoms with Gasteiger partial charge in [-0.2, -0.15) is 5.10 Å². The van der Waals surface area contributed by atoms with Crippen molar-refractivity contribution in [2.45, 2.75) is 32.9 Å². The van der Waals surface area contributed by atoms with Gasteiger partial charge in [-0.05, 0) is 12.3 Å². The minimum Gasteiger partial charge on any atom is -0.340 e. The Bertz CT molecular complexity index is 321. The summed E-state index contributed by atoms with van der Waals surface area (Å²) < 4.78 is 0. The molecular weight excluding hydrogens is 204 g/mol. The van der Waals surface area contributed by atoms with Crippen molar-refractivity contribution in [2.75, 3.05) is 7.05 Å². The smallest absolute Gasteiger partial charge is 0.239 e. The summed E-state index contributed by atoms with van der Waals surface area (Å²) in [5.41, 5.74) is 6.81. The highest BCUT2D eigenvalue weighted by Crippen LogP contribution is 2.07. The minimum absolute atomic E-state index is 0.0186. The Kier molecular flexibility index (Phi) is 4.49. The Morgan fingerprint density at radius 1 is 1.62 bits per heavy atom. The topological polar surface area (TPSA) is 75.0 Å². The summed E-state index contributed by atoms with van der Waals surface area (Å²) in [6, 6.07) is -0.406. The van der Waals surface area contributed by atoms with Crippen LogP contribution < -0.4 is 5.73 Å². The third-order valence-electron chi connectivity index (χ3n) is 2.39. The van der Waals surface area contributed by atoms with Crippen molar-refractivity contribution >= 4 is 5.91 Å². The van der Waals surface area contributed by atoms with Crippen LogP contribution in [-0.4, -0.2) is 34.1 Å². The van der Waals surface area contributed by atoms with Gasteiger partial charge >= 0.3 is 0 Å². The van der Waals surface area contributed by atoms with Crippen molar-refractivity contribution in [3.05, 3.63) is 18.0 Å². The first-order chi connectivity index (χ1) is 7.50. The number of hydrogen-bond acceptors (Lipinski definition) is 3. The molecule has 1 aromatic rings. The zero-order valence-corrected chi connectivity index (χ0v) is 10.1. The standard InChI is InChI=1S/C11H20N4O/c1-8(2)4-10(12)11(16)15(3)7-9-5-13-14-6-9/h5-6,8,10H,4,7,12H2,1-3H3,(H,13,14). The number of amides is 1. The van der Waals surface area contributed by atoms with E-state index in [0.717, 1.165) is 5.56 Å². The lowest BCUT2D eigenvalue weighted by atomic mass is 10.0. The van der Waals surface area contributed by atoms with E-state index in [1.54, 1.807) is 24.3 Å². The number of hydrogen-bond donors (Lipinski definition) is 2. The van der Waals surface area contributed by atoms with E-state index in [1.165, 1.54) is 0 Å². The number of nitrogens with one attached hydrogen (secondary N) is 1. The molecule has 0 fully saturated rings. The van der Waals surface area contributed by atoms with Crippen LogP contribution in [0.15, 0.2) is 12.4 Å². The Balaban J connectivity index is 2.47. The van der Waals surface area contributed by atoms with Crippen LogP contribution in [0.1, 0.15) is 25.8 Å². The highest BCUT2D eigenvalue weighted by atomic mass is 16.2. The van der Waals surface area contributed by atoms with Crippen LogP contribution in [0.5, 0.6) is 0 Å². The van der Waals surface area contributed by atoms with E-state index in [4.69, 9.17) is 5.73 Å². The molecule has 16 heavy (non-hydrogen) atoms. The molecule has 3 N–H and O–H groups in total. The normalized spacial score (nSPS) is 12.8. The van der Waals surface area contributed by atoms with Gasteiger partial charge in [0.2, 0.25) is 5.91 Å². The van der Waals surface area contributed by atoms with Crippen molar-refractivity contribution in [1.29, 1.82) is 0 Å². The molecule has 0 saturated carbocycles. The highest BCUT2D eigenvalue weighted by molar-refractivity contribution is 5.81. The van der Waals surface area contributed by atoms with Crippen molar-refractivity contribution < 1.29 is 4.79 Å². The zero-order chi connectivity index (χ0) is 12.1. The SMILES string of the molecule is CC(C)CC(N)C(=O)N(C)Cc1cn[nH]c1. The molecule has 5 heteroatoms. The molecule has 0 aromatic carbocycles. The molecule has 0 aliphatic rings. The average Bonchev–Trinajstić information content (AvgIpc) is 2.68. The van der Waals surface area contributed by atoms with E-state index < -0.39 is 6.04 Å². The summed E-state index contributed by atoms with van der Waals surface area (Å²) in [6.45, 7) is 4.66. The van der Waals surface area contributed by atoms with Gasteiger partial charge in [-0.15, -0.1) is 0 Å². The molecule has 1 unspecified atom stereocenters. The maximum atomic E-state index is 11.9. The van der Waals surface area contributed by atoms with Crippen LogP contribution in [0, 0.1) is 5.92 Å². The van der Waals surface area contributed by atoms with Crippen LogP contribution in [0.4, 0.5) is 0 Å². The second-order valence-corrected chi connectivity index (χ2v) is 4.54. The van der Waals surface area contributed by atoms with E-state index in [9.17, 15) is 4.79 Å². The third-order valence-corrected chi connectivity index (χ3v) is 2.39. The Morgan fingerprint density at radius 3 is 2.81 bits per heavy atom. The van der Waals surface area contributed by atoms with Gasteiger partial charge in [0.05, 0.1) is 12.2 Å². The Labute approximate surface area is 96.0 Å². The van der Waals surface area contributed by atoms with Gasteiger partial charge in [-0.25, -0.2) is 0 Å². The minimum atomic E-state index is -0.406. The first-order valence-corrected chi connectivity index (χ1v) is 5.49. The maximum absolute atomic E-state index is 11.9. The first kappa shape index (κ1) is 12.7. The van der Waals surface area contributed by atoms with Gasteiger partial charge < -0.3 is 10.6 Å². The molecular formula is C11H20N4O. The summed E-state index contributed by atoms with van der Waals surface area (Å²) in [5, 5.41) is 6.55. The number of carbonyl (C=O) groups excluding carboxylic acids is 1. The predicted octanol–water partition coefficient (Wildman–Crippen LogP) is 0.741. The molecule has 5 nitrogen and oxygen atoms in total. The molecule has 0 radical (unpaired) electrons. The van der Waals surface area contributed by atoms with Gasteiger partial charge in [-0.3, -0.25) is 9.89 Å². The van der Waals surface area contributed by atoms with E-state index in [0.29, 0.717) is 18.9 Å². The highest BCUT2D eigenvalue weighted by Gasteiger charge is 2.19. The lowest BCUT2D eigenvalue weighted by molar-refractivity contribution is -0.132. The van der Waals surface area contributed by atoms with Crippen molar-refractivity contribution in [3.8, 4) is 0 Å². The number of aromatic amines is 1. The van der Waals surface area contributed by atoms with Gasteiger partial charge in [0.1, 0.15) is 0 Å².